The van der Waals surface area contributed by atoms with E-state index in [1.807, 2.05) is 0 Å². The summed E-state index contributed by atoms with van der Waals surface area (Å²) in [5.41, 5.74) is -0.227. The molecule has 0 fully saturated rings. The van der Waals surface area contributed by atoms with Gasteiger partial charge < -0.3 is 5.11 Å². The Bertz CT molecular complexity index is 576. The van der Waals surface area contributed by atoms with Crippen LogP contribution in [0.1, 0.15) is 17.4 Å². The molecule has 0 aliphatic heterocycles. The molecule has 1 unspecified atom stereocenters. The maximum absolute atomic E-state index is 11.5. The van der Waals surface area contributed by atoms with Crippen molar-refractivity contribution in [2.24, 2.45) is 0 Å². The molecular weight excluding hydrogens is 246 g/mol. The lowest BCUT2D eigenvalue weighted by atomic mass is 10.3. The van der Waals surface area contributed by atoms with E-state index in [9.17, 15) is 13.2 Å². The quantitative estimate of drug-likeness (QED) is 0.805. The van der Waals surface area contributed by atoms with E-state index in [2.05, 4.69) is 9.71 Å². The van der Waals surface area contributed by atoms with Crippen molar-refractivity contribution in [2.45, 2.75) is 12.2 Å². The number of nitrogens with one attached hydrogen (secondary N) is 1. The average molecular weight is 255 g/mol. The molecule has 0 aliphatic rings. The third-order valence-corrected chi connectivity index (χ3v) is 3.44. The van der Waals surface area contributed by atoms with Crippen LogP contribution in [-0.2, 0) is 10.0 Å². The summed E-state index contributed by atoms with van der Waals surface area (Å²) in [5.74, 6) is -1.26. The normalized spacial score (nSPS) is 12.5. The van der Waals surface area contributed by atoms with Gasteiger partial charge in [-0.25, -0.2) is 18.2 Å². The van der Waals surface area contributed by atoms with E-state index in [1.165, 1.54) is 19.2 Å². The van der Waals surface area contributed by atoms with Gasteiger partial charge in [0.05, 0.1) is 11.8 Å². The second kappa shape index (κ2) is 4.80. The molecule has 0 bridgehead atoms. The molecule has 0 saturated carbocycles. The Morgan fingerprint density at radius 2 is 2.29 bits per heavy atom. The van der Waals surface area contributed by atoms with E-state index in [4.69, 9.17) is 10.4 Å². The van der Waals surface area contributed by atoms with Crippen molar-refractivity contribution in [1.82, 2.24) is 4.98 Å². The highest BCUT2D eigenvalue weighted by molar-refractivity contribution is 7.93. The molecule has 1 atom stereocenters. The lowest BCUT2D eigenvalue weighted by Crippen LogP contribution is -2.24. The Balaban J connectivity index is 3.01. The molecule has 17 heavy (non-hydrogen) atoms. The first kappa shape index (κ1) is 12.9. The number of nitriles is 1. The lowest BCUT2D eigenvalue weighted by Gasteiger charge is -2.09. The van der Waals surface area contributed by atoms with E-state index < -0.39 is 21.2 Å². The van der Waals surface area contributed by atoms with Crippen LogP contribution in [0, 0.1) is 11.3 Å². The highest BCUT2D eigenvalue weighted by atomic mass is 32.2. The van der Waals surface area contributed by atoms with Crippen LogP contribution >= 0.6 is 0 Å². The maximum atomic E-state index is 11.5. The summed E-state index contributed by atoms with van der Waals surface area (Å²) in [5, 5.41) is 16.0. The van der Waals surface area contributed by atoms with Gasteiger partial charge in [-0.15, -0.1) is 0 Å². The summed E-state index contributed by atoms with van der Waals surface area (Å²) in [6, 6.07) is 3.95. The number of hydrogen-bond acceptors (Lipinski definition) is 5. The fourth-order valence-corrected chi connectivity index (χ4v) is 1.70. The molecular formula is C9H9N3O4S. The molecule has 90 valence electrons. The second-order valence-corrected chi connectivity index (χ2v) is 5.15. The maximum Gasteiger partial charge on any atom is 0.354 e. The van der Waals surface area contributed by atoms with Gasteiger partial charge in [0.1, 0.15) is 5.69 Å². The number of pyridine rings is 1. The average Bonchev–Trinajstić information content (AvgIpc) is 2.27. The van der Waals surface area contributed by atoms with Crippen molar-refractivity contribution in [2.75, 3.05) is 4.72 Å². The summed E-state index contributed by atoms with van der Waals surface area (Å²) < 4.78 is 25.1. The first-order chi connectivity index (χ1) is 7.86. The zero-order chi connectivity index (χ0) is 13.1. The first-order valence-corrected chi connectivity index (χ1v) is 6.02. The number of nitrogens with zero attached hydrogens (tertiary/aromatic N) is 2. The number of sulfonamides is 1. The molecule has 8 heteroatoms. The number of aromatic nitrogens is 1. The number of hydrogen-bond donors (Lipinski definition) is 2. The van der Waals surface area contributed by atoms with Gasteiger partial charge in [-0.3, -0.25) is 4.72 Å². The third-order valence-electron chi connectivity index (χ3n) is 1.89. The van der Waals surface area contributed by atoms with Crippen LogP contribution in [0.15, 0.2) is 18.3 Å². The highest BCUT2D eigenvalue weighted by Crippen LogP contribution is 2.12. The predicted molar refractivity (Wildman–Crippen MR) is 58.8 cm³/mol. The zero-order valence-corrected chi connectivity index (χ0v) is 9.60. The van der Waals surface area contributed by atoms with Gasteiger partial charge in [-0.05, 0) is 19.1 Å². The molecule has 1 aromatic rings. The van der Waals surface area contributed by atoms with Crippen LogP contribution in [0.3, 0.4) is 0 Å². The molecule has 0 amide bonds. The van der Waals surface area contributed by atoms with Crippen LogP contribution in [0.5, 0.6) is 0 Å². The molecule has 1 rings (SSSR count). The highest BCUT2D eigenvalue weighted by Gasteiger charge is 2.20. The smallest absolute Gasteiger partial charge is 0.354 e. The van der Waals surface area contributed by atoms with Gasteiger partial charge in [-0.1, -0.05) is 0 Å². The summed E-state index contributed by atoms with van der Waals surface area (Å²) in [6.45, 7) is 1.22. The Labute approximate surface area is 97.8 Å². The molecule has 0 aromatic carbocycles. The van der Waals surface area contributed by atoms with Crippen molar-refractivity contribution in [1.29, 1.82) is 5.26 Å². The molecule has 7 nitrogen and oxygen atoms in total. The van der Waals surface area contributed by atoms with Gasteiger partial charge >= 0.3 is 5.97 Å². The Morgan fingerprint density at radius 3 is 2.82 bits per heavy atom. The zero-order valence-electron chi connectivity index (χ0n) is 8.78. The summed E-state index contributed by atoms with van der Waals surface area (Å²) in [4.78, 5) is 14.2. The van der Waals surface area contributed by atoms with Gasteiger partial charge in [0.2, 0.25) is 10.0 Å². The fourth-order valence-electron chi connectivity index (χ4n) is 0.933. The number of rotatable bonds is 4. The number of carboxylic acids is 1. The molecule has 2 N–H and O–H groups in total. The summed E-state index contributed by atoms with van der Waals surface area (Å²) in [7, 11) is -3.84. The van der Waals surface area contributed by atoms with Crippen molar-refractivity contribution in [3.05, 3.63) is 24.0 Å². The van der Waals surface area contributed by atoms with Crippen LogP contribution < -0.4 is 4.72 Å². The Hall–Kier alpha value is -2.14. The Kier molecular flexibility index (Phi) is 3.65. The predicted octanol–water partition coefficient (Wildman–Crippen LogP) is 0.434. The Morgan fingerprint density at radius 1 is 1.65 bits per heavy atom. The monoisotopic (exact) mass is 255 g/mol. The van der Waals surface area contributed by atoms with Crippen LogP contribution in [-0.4, -0.2) is 29.7 Å². The van der Waals surface area contributed by atoms with Crippen LogP contribution in [0.4, 0.5) is 5.69 Å². The molecule has 0 aliphatic carbocycles. The van der Waals surface area contributed by atoms with E-state index in [0.717, 1.165) is 6.07 Å². The molecule has 0 radical (unpaired) electrons. The topological polar surface area (TPSA) is 120 Å². The number of carbonyl (C=O) groups is 1. The van der Waals surface area contributed by atoms with Gasteiger partial charge in [0, 0.05) is 6.20 Å². The molecule has 1 heterocycles. The van der Waals surface area contributed by atoms with Crippen molar-refractivity contribution in [3.63, 3.8) is 0 Å². The van der Waals surface area contributed by atoms with Gasteiger partial charge in [-0.2, -0.15) is 5.26 Å². The minimum Gasteiger partial charge on any atom is -0.477 e. The second-order valence-electron chi connectivity index (χ2n) is 3.15. The first-order valence-electron chi connectivity index (χ1n) is 4.47. The van der Waals surface area contributed by atoms with Crippen molar-refractivity contribution < 1.29 is 18.3 Å². The number of aromatic carboxylic acids is 1. The SMILES string of the molecule is CC(C#N)S(=O)(=O)Nc1ccnc(C(=O)O)c1. The van der Waals surface area contributed by atoms with E-state index in [-0.39, 0.29) is 11.4 Å². The minimum atomic E-state index is -3.84. The van der Waals surface area contributed by atoms with E-state index in [0.29, 0.717) is 0 Å². The molecule has 0 saturated heterocycles. The number of anilines is 1. The minimum absolute atomic E-state index is 0.0551. The number of carboxylic acid groups (broad SMARTS) is 1. The standard InChI is InChI=1S/C9H9N3O4S/c1-6(5-10)17(15,16)12-7-2-3-11-8(4-7)9(13)14/h2-4,6H,1H3,(H,11,12)(H,13,14). The van der Waals surface area contributed by atoms with E-state index in [1.54, 1.807) is 6.07 Å². The largest absolute Gasteiger partial charge is 0.477 e. The van der Waals surface area contributed by atoms with Crippen LogP contribution in [0.2, 0.25) is 0 Å². The van der Waals surface area contributed by atoms with Crippen molar-refractivity contribution >= 4 is 21.7 Å². The lowest BCUT2D eigenvalue weighted by molar-refractivity contribution is 0.0690. The van der Waals surface area contributed by atoms with Crippen LogP contribution in [0.25, 0.3) is 0 Å². The molecule has 1 aromatic heterocycles. The van der Waals surface area contributed by atoms with Gasteiger partial charge in [0.15, 0.2) is 5.25 Å². The van der Waals surface area contributed by atoms with Gasteiger partial charge in [0.25, 0.3) is 0 Å². The summed E-state index contributed by atoms with van der Waals surface area (Å²) >= 11 is 0. The third kappa shape index (κ3) is 3.15. The van der Waals surface area contributed by atoms with E-state index >= 15 is 0 Å². The van der Waals surface area contributed by atoms with Crippen molar-refractivity contribution in [3.8, 4) is 6.07 Å². The summed E-state index contributed by atoms with van der Waals surface area (Å²) in [6.07, 6.45) is 1.17. The fraction of sp³-hybridized carbons (Fsp3) is 0.222. The molecule has 0 spiro atoms.